The summed E-state index contributed by atoms with van der Waals surface area (Å²) in [4.78, 5) is 0. The lowest BCUT2D eigenvalue weighted by atomic mass is 10.2. The summed E-state index contributed by atoms with van der Waals surface area (Å²) < 4.78 is 10.7. The quantitative estimate of drug-likeness (QED) is 0.800. The third-order valence-corrected chi connectivity index (χ3v) is 3.34. The van der Waals surface area contributed by atoms with Crippen molar-refractivity contribution in [1.82, 2.24) is 0 Å². The summed E-state index contributed by atoms with van der Waals surface area (Å²) in [7, 11) is 1.66. The number of ether oxygens (including phenoxy) is 2. The van der Waals surface area contributed by atoms with Crippen LogP contribution in [0.15, 0.2) is 42.5 Å². The van der Waals surface area contributed by atoms with E-state index in [0.717, 1.165) is 29.2 Å². The SMILES string of the molecule is CCCOc1ccc(CNc2ccc(OC)cc2)cc1Cl. The first kappa shape index (κ1) is 15.5. The third kappa shape index (κ3) is 4.57. The molecule has 0 aromatic heterocycles. The number of hydrogen-bond donors (Lipinski definition) is 1. The van der Waals surface area contributed by atoms with E-state index in [1.165, 1.54) is 0 Å². The van der Waals surface area contributed by atoms with E-state index >= 15 is 0 Å². The molecule has 3 nitrogen and oxygen atoms in total. The van der Waals surface area contributed by atoms with Gasteiger partial charge in [0.25, 0.3) is 0 Å². The molecule has 0 aliphatic rings. The van der Waals surface area contributed by atoms with Crippen molar-refractivity contribution in [3.05, 3.63) is 53.1 Å². The molecular weight excluding hydrogens is 286 g/mol. The highest BCUT2D eigenvalue weighted by atomic mass is 35.5. The monoisotopic (exact) mass is 305 g/mol. The molecule has 0 unspecified atom stereocenters. The predicted molar refractivity (Wildman–Crippen MR) is 87.6 cm³/mol. The highest BCUT2D eigenvalue weighted by Crippen LogP contribution is 2.26. The minimum absolute atomic E-state index is 0.650. The van der Waals surface area contributed by atoms with Gasteiger partial charge in [-0.05, 0) is 48.4 Å². The number of halogens is 1. The van der Waals surface area contributed by atoms with Crippen molar-refractivity contribution in [2.75, 3.05) is 19.0 Å². The van der Waals surface area contributed by atoms with Crippen LogP contribution in [0.5, 0.6) is 11.5 Å². The van der Waals surface area contributed by atoms with Crippen LogP contribution in [0.25, 0.3) is 0 Å². The van der Waals surface area contributed by atoms with Crippen molar-refractivity contribution in [3.8, 4) is 11.5 Å². The maximum absolute atomic E-state index is 6.22. The number of methoxy groups -OCH3 is 1. The highest BCUT2D eigenvalue weighted by Gasteiger charge is 2.03. The van der Waals surface area contributed by atoms with E-state index in [1.807, 2.05) is 42.5 Å². The molecular formula is C17H20ClNO2. The van der Waals surface area contributed by atoms with Crippen LogP contribution in [0, 0.1) is 0 Å². The zero-order valence-corrected chi connectivity index (χ0v) is 13.1. The van der Waals surface area contributed by atoms with Crippen molar-refractivity contribution < 1.29 is 9.47 Å². The Morgan fingerprint density at radius 2 is 1.86 bits per heavy atom. The van der Waals surface area contributed by atoms with Gasteiger partial charge in [-0.15, -0.1) is 0 Å². The smallest absolute Gasteiger partial charge is 0.137 e. The van der Waals surface area contributed by atoms with Crippen molar-refractivity contribution in [1.29, 1.82) is 0 Å². The Morgan fingerprint density at radius 3 is 2.48 bits per heavy atom. The molecule has 4 heteroatoms. The fourth-order valence-corrected chi connectivity index (χ4v) is 2.15. The average Bonchev–Trinajstić information content (AvgIpc) is 2.52. The number of benzene rings is 2. The fourth-order valence-electron chi connectivity index (χ4n) is 1.90. The molecule has 0 fully saturated rings. The zero-order valence-electron chi connectivity index (χ0n) is 12.4. The summed E-state index contributed by atoms with van der Waals surface area (Å²) in [6.45, 7) is 3.46. The molecule has 0 radical (unpaired) electrons. The summed E-state index contributed by atoms with van der Waals surface area (Å²) in [5.74, 6) is 1.59. The van der Waals surface area contributed by atoms with Crippen LogP contribution in [0.2, 0.25) is 5.02 Å². The van der Waals surface area contributed by atoms with Crippen LogP contribution in [0.4, 0.5) is 5.69 Å². The van der Waals surface area contributed by atoms with Crippen molar-refractivity contribution in [3.63, 3.8) is 0 Å². The number of anilines is 1. The molecule has 1 N–H and O–H groups in total. The van der Waals surface area contributed by atoms with E-state index in [-0.39, 0.29) is 0 Å². The standard InChI is InChI=1S/C17H20ClNO2/c1-3-10-21-17-9-4-13(11-16(17)18)12-19-14-5-7-15(20-2)8-6-14/h4-9,11,19H,3,10,12H2,1-2H3. The molecule has 0 aliphatic heterocycles. The van der Waals surface area contributed by atoms with Crippen molar-refractivity contribution >= 4 is 17.3 Å². The first-order valence-electron chi connectivity index (χ1n) is 7.02. The molecule has 0 atom stereocenters. The van der Waals surface area contributed by atoms with E-state index in [1.54, 1.807) is 7.11 Å². The Hall–Kier alpha value is -1.87. The molecule has 0 bridgehead atoms. The van der Waals surface area contributed by atoms with Gasteiger partial charge >= 0.3 is 0 Å². The van der Waals surface area contributed by atoms with Gasteiger partial charge in [0.2, 0.25) is 0 Å². The summed E-state index contributed by atoms with van der Waals surface area (Å²) in [6.07, 6.45) is 0.969. The molecule has 0 spiro atoms. The third-order valence-electron chi connectivity index (χ3n) is 3.04. The van der Waals surface area contributed by atoms with Gasteiger partial charge in [0.15, 0.2) is 0 Å². The number of rotatable bonds is 7. The van der Waals surface area contributed by atoms with Gasteiger partial charge in [-0.3, -0.25) is 0 Å². The van der Waals surface area contributed by atoms with Crippen molar-refractivity contribution in [2.24, 2.45) is 0 Å². The van der Waals surface area contributed by atoms with E-state index in [0.29, 0.717) is 18.2 Å². The second kappa shape index (κ2) is 7.79. The Bertz CT molecular complexity index is 570. The van der Waals surface area contributed by atoms with E-state index < -0.39 is 0 Å². The highest BCUT2D eigenvalue weighted by molar-refractivity contribution is 6.32. The van der Waals surface area contributed by atoms with E-state index in [2.05, 4.69) is 12.2 Å². The molecule has 0 aliphatic carbocycles. The van der Waals surface area contributed by atoms with Crippen LogP contribution in [-0.2, 0) is 6.54 Å². The normalized spacial score (nSPS) is 10.2. The molecule has 2 rings (SSSR count). The maximum Gasteiger partial charge on any atom is 0.137 e. The van der Waals surface area contributed by atoms with Crippen LogP contribution in [-0.4, -0.2) is 13.7 Å². The van der Waals surface area contributed by atoms with Gasteiger partial charge < -0.3 is 14.8 Å². The first-order valence-corrected chi connectivity index (χ1v) is 7.40. The largest absolute Gasteiger partial charge is 0.497 e. The summed E-state index contributed by atoms with van der Waals surface area (Å²) in [5.41, 5.74) is 2.15. The van der Waals surface area contributed by atoms with E-state index in [4.69, 9.17) is 21.1 Å². The maximum atomic E-state index is 6.22. The molecule has 0 saturated carbocycles. The molecule has 2 aromatic carbocycles. The molecule has 21 heavy (non-hydrogen) atoms. The Balaban J connectivity index is 1.94. The Labute approximate surface area is 130 Å². The van der Waals surface area contributed by atoms with Gasteiger partial charge in [-0.1, -0.05) is 24.6 Å². The molecule has 0 heterocycles. The van der Waals surface area contributed by atoms with Crippen LogP contribution in [0.3, 0.4) is 0 Å². The number of hydrogen-bond acceptors (Lipinski definition) is 3. The second-order valence-corrected chi connectivity index (χ2v) is 5.10. The lowest BCUT2D eigenvalue weighted by Crippen LogP contribution is -2.00. The summed E-state index contributed by atoms with van der Waals surface area (Å²) in [6, 6.07) is 13.7. The van der Waals surface area contributed by atoms with Crippen LogP contribution < -0.4 is 14.8 Å². The Kier molecular flexibility index (Phi) is 5.76. The molecule has 0 saturated heterocycles. The van der Waals surface area contributed by atoms with Crippen LogP contribution in [0.1, 0.15) is 18.9 Å². The van der Waals surface area contributed by atoms with Crippen molar-refractivity contribution in [2.45, 2.75) is 19.9 Å². The summed E-state index contributed by atoms with van der Waals surface area (Å²) in [5, 5.41) is 4.00. The van der Waals surface area contributed by atoms with Gasteiger partial charge in [0.1, 0.15) is 11.5 Å². The second-order valence-electron chi connectivity index (χ2n) is 4.70. The van der Waals surface area contributed by atoms with Gasteiger partial charge in [-0.2, -0.15) is 0 Å². The fraction of sp³-hybridized carbons (Fsp3) is 0.294. The van der Waals surface area contributed by atoms with Crippen LogP contribution >= 0.6 is 11.6 Å². The molecule has 2 aromatic rings. The predicted octanol–water partition coefficient (Wildman–Crippen LogP) is 4.75. The molecule has 0 amide bonds. The lowest BCUT2D eigenvalue weighted by Gasteiger charge is -2.10. The zero-order chi connectivity index (χ0) is 15.1. The van der Waals surface area contributed by atoms with E-state index in [9.17, 15) is 0 Å². The van der Waals surface area contributed by atoms with Gasteiger partial charge in [0.05, 0.1) is 18.7 Å². The topological polar surface area (TPSA) is 30.5 Å². The average molecular weight is 306 g/mol. The minimum Gasteiger partial charge on any atom is -0.497 e. The number of nitrogens with one attached hydrogen (secondary N) is 1. The van der Waals surface area contributed by atoms with Gasteiger partial charge in [0, 0.05) is 12.2 Å². The Morgan fingerprint density at radius 1 is 1.10 bits per heavy atom. The first-order chi connectivity index (χ1) is 10.2. The molecule has 112 valence electrons. The lowest BCUT2D eigenvalue weighted by molar-refractivity contribution is 0.317. The minimum atomic E-state index is 0.650. The summed E-state index contributed by atoms with van der Waals surface area (Å²) >= 11 is 6.22. The van der Waals surface area contributed by atoms with Gasteiger partial charge in [-0.25, -0.2) is 0 Å².